The summed E-state index contributed by atoms with van der Waals surface area (Å²) in [6, 6.07) is 61.1. The Morgan fingerprint density at radius 2 is 1.04 bits per heavy atom. The highest BCUT2D eigenvalue weighted by Crippen LogP contribution is 2.63. The molecular weight excluding hydrogens is 587 g/mol. The second-order valence-electron chi connectivity index (χ2n) is 12.8. The topological polar surface area (TPSA) is 4.93 Å². The Hall–Kier alpha value is -5.57. The van der Waals surface area contributed by atoms with Gasteiger partial charge in [0.05, 0.1) is 22.1 Å². The Bertz CT molecular complexity index is 2730. The van der Waals surface area contributed by atoms with Crippen molar-refractivity contribution in [1.82, 2.24) is 4.57 Å². The minimum atomic E-state index is -0.400. The number of nitrogens with zero attached hydrogens (tertiary/aromatic N) is 1. The molecule has 0 unspecified atom stereocenters. The average molecular weight is 614 g/mol. The molecule has 218 valence electrons. The number of rotatable bonds is 1. The Balaban J connectivity index is 1.36. The quantitative estimate of drug-likeness (QED) is 0.178. The molecule has 0 fully saturated rings. The molecule has 11 rings (SSSR count). The highest BCUT2D eigenvalue weighted by molar-refractivity contribution is 7.99. The minimum absolute atomic E-state index is 0.400. The molecule has 0 bridgehead atoms. The van der Waals surface area contributed by atoms with Gasteiger partial charge in [-0.2, -0.15) is 0 Å². The van der Waals surface area contributed by atoms with Crippen molar-refractivity contribution in [2.45, 2.75) is 15.2 Å². The molecular formula is C45H27NS. The molecule has 0 N–H and O–H groups in total. The number of hydrogen-bond acceptors (Lipinski definition) is 1. The summed E-state index contributed by atoms with van der Waals surface area (Å²) >= 11 is 1.94. The molecule has 0 atom stereocenters. The molecule has 1 aliphatic carbocycles. The van der Waals surface area contributed by atoms with Crippen LogP contribution in [0.2, 0.25) is 0 Å². The van der Waals surface area contributed by atoms with Gasteiger partial charge in [-0.05, 0) is 62.4 Å². The second kappa shape index (κ2) is 9.25. The van der Waals surface area contributed by atoms with E-state index in [0.717, 1.165) is 0 Å². The predicted molar refractivity (Wildman–Crippen MR) is 197 cm³/mol. The lowest BCUT2D eigenvalue weighted by Crippen LogP contribution is -2.32. The van der Waals surface area contributed by atoms with Crippen molar-refractivity contribution < 1.29 is 0 Å². The van der Waals surface area contributed by atoms with E-state index < -0.39 is 5.41 Å². The molecule has 47 heavy (non-hydrogen) atoms. The van der Waals surface area contributed by atoms with Crippen molar-refractivity contribution in [3.05, 3.63) is 186 Å². The van der Waals surface area contributed by atoms with Crippen LogP contribution in [-0.4, -0.2) is 4.57 Å². The first kappa shape index (κ1) is 25.6. The Morgan fingerprint density at radius 3 is 1.83 bits per heavy atom. The molecule has 0 radical (unpaired) electrons. The molecule has 0 amide bonds. The van der Waals surface area contributed by atoms with Crippen molar-refractivity contribution in [2.24, 2.45) is 0 Å². The average Bonchev–Trinajstić information content (AvgIpc) is 3.63. The van der Waals surface area contributed by atoms with Crippen LogP contribution in [0.3, 0.4) is 0 Å². The summed E-state index contributed by atoms with van der Waals surface area (Å²) in [6.45, 7) is 0. The van der Waals surface area contributed by atoms with E-state index in [9.17, 15) is 0 Å². The van der Waals surface area contributed by atoms with E-state index in [4.69, 9.17) is 0 Å². The third kappa shape index (κ3) is 3.16. The van der Waals surface area contributed by atoms with Gasteiger partial charge >= 0.3 is 0 Å². The predicted octanol–water partition coefficient (Wildman–Crippen LogP) is 11.9. The largest absolute Gasteiger partial charge is 0.308 e. The smallest absolute Gasteiger partial charge is 0.0735 e. The number of benzene rings is 8. The van der Waals surface area contributed by atoms with Crippen LogP contribution in [0.5, 0.6) is 0 Å². The lowest BCUT2D eigenvalue weighted by atomic mass is 9.67. The molecule has 1 spiro atoms. The Labute approximate surface area is 276 Å². The normalized spacial score (nSPS) is 14.0. The van der Waals surface area contributed by atoms with Crippen molar-refractivity contribution in [2.75, 3.05) is 0 Å². The van der Waals surface area contributed by atoms with Crippen LogP contribution in [0.1, 0.15) is 22.3 Å². The van der Waals surface area contributed by atoms with E-state index in [1.54, 1.807) is 0 Å². The molecule has 1 aliphatic heterocycles. The van der Waals surface area contributed by atoms with Gasteiger partial charge in [-0.1, -0.05) is 157 Å². The third-order valence-corrected chi connectivity index (χ3v) is 11.8. The number of fused-ring (bicyclic) bond motifs is 16. The summed E-state index contributed by atoms with van der Waals surface area (Å²) < 4.78 is 2.54. The van der Waals surface area contributed by atoms with Gasteiger partial charge in [-0.25, -0.2) is 0 Å². The van der Waals surface area contributed by atoms with Crippen LogP contribution >= 0.6 is 11.8 Å². The maximum Gasteiger partial charge on any atom is 0.0735 e. The summed E-state index contributed by atoms with van der Waals surface area (Å²) in [5, 5.41) is 7.66. The maximum atomic E-state index is 2.54. The summed E-state index contributed by atoms with van der Waals surface area (Å²) in [7, 11) is 0. The van der Waals surface area contributed by atoms with Crippen molar-refractivity contribution in [3.63, 3.8) is 0 Å². The van der Waals surface area contributed by atoms with E-state index in [2.05, 4.69) is 168 Å². The van der Waals surface area contributed by atoms with Gasteiger partial charge in [0.1, 0.15) is 0 Å². The van der Waals surface area contributed by atoms with Gasteiger partial charge in [-0.15, -0.1) is 0 Å². The fourth-order valence-electron chi connectivity index (χ4n) is 8.83. The Kier molecular flexibility index (Phi) is 5.04. The highest BCUT2D eigenvalue weighted by Gasteiger charge is 2.50. The molecule has 2 heteroatoms. The SMILES string of the molecule is c1ccc2c(c1)Sc1c(ccc3c1c1ccc4ccccc4c1n3-c1cccc3ccccc13)C21c2ccccc2-c2ccccc21. The lowest BCUT2D eigenvalue weighted by molar-refractivity contribution is 0.726. The van der Waals surface area contributed by atoms with Gasteiger partial charge < -0.3 is 4.57 Å². The van der Waals surface area contributed by atoms with Gasteiger partial charge in [0.25, 0.3) is 0 Å². The maximum absolute atomic E-state index is 2.54. The van der Waals surface area contributed by atoms with Crippen LogP contribution in [0.15, 0.2) is 174 Å². The standard InChI is InChI=1S/C45H27NS/c1-3-15-30-28(12-1)14-11-22-39(30)46-40-27-26-38-44(42(40)34-25-24-29-13-2-4-16-31(29)43(34)46)47-41-23-10-9-21-37(41)45(38)35-19-7-5-17-32(35)33-18-6-8-20-36(33)45/h1-27H. The summed E-state index contributed by atoms with van der Waals surface area (Å²) in [5.41, 5.74) is 11.5. The summed E-state index contributed by atoms with van der Waals surface area (Å²) in [5.74, 6) is 0. The minimum Gasteiger partial charge on any atom is -0.308 e. The van der Waals surface area contributed by atoms with E-state index in [1.165, 1.54) is 92.2 Å². The summed E-state index contributed by atoms with van der Waals surface area (Å²) in [4.78, 5) is 2.68. The van der Waals surface area contributed by atoms with Gasteiger partial charge in [-0.3, -0.25) is 0 Å². The Morgan fingerprint density at radius 1 is 0.426 bits per heavy atom. The monoisotopic (exact) mass is 613 g/mol. The summed E-state index contributed by atoms with van der Waals surface area (Å²) in [6.07, 6.45) is 0. The zero-order chi connectivity index (χ0) is 30.7. The van der Waals surface area contributed by atoms with E-state index in [1.807, 2.05) is 11.8 Å². The fourth-order valence-corrected chi connectivity index (χ4v) is 10.2. The number of aromatic nitrogens is 1. The lowest BCUT2D eigenvalue weighted by Gasteiger charge is -2.40. The fraction of sp³-hybridized carbons (Fsp3) is 0.0222. The third-order valence-electron chi connectivity index (χ3n) is 10.6. The number of hydrogen-bond donors (Lipinski definition) is 0. The van der Waals surface area contributed by atoms with E-state index >= 15 is 0 Å². The molecule has 9 aromatic rings. The van der Waals surface area contributed by atoms with E-state index in [-0.39, 0.29) is 0 Å². The van der Waals surface area contributed by atoms with Crippen molar-refractivity contribution in [3.8, 4) is 16.8 Å². The first-order chi connectivity index (χ1) is 23.3. The van der Waals surface area contributed by atoms with Crippen LogP contribution < -0.4 is 0 Å². The van der Waals surface area contributed by atoms with Gasteiger partial charge in [0, 0.05) is 31.3 Å². The van der Waals surface area contributed by atoms with Gasteiger partial charge in [0.15, 0.2) is 0 Å². The molecule has 1 aromatic heterocycles. The molecule has 8 aromatic carbocycles. The first-order valence-corrected chi connectivity index (χ1v) is 17.1. The molecule has 1 nitrogen and oxygen atoms in total. The highest BCUT2D eigenvalue weighted by atomic mass is 32.2. The van der Waals surface area contributed by atoms with Crippen LogP contribution in [-0.2, 0) is 5.41 Å². The zero-order valence-electron chi connectivity index (χ0n) is 25.4. The molecule has 2 aliphatic rings. The van der Waals surface area contributed by atoms with E-state index in [0.29, 0.717) is 0 Å². The first-order valence-electron chi connectivity index (χ1n) is 16.3. The molecule has 0 saturated heterocycles. The van der Waals surface area contributed by atoms with Crippen LogP contribution in [0.25, 0.3) is 60.2 Å². The van der Waals surface area contributed by atoms with Crippen molar-refractivity contribution in [1.29, 1.82) is 0 Å². The molecule has 0 saturated carbocycles. The van der Waals surface area contributed by atoms with Gasteiger partial charge in [0.2, 0.25) is 0 Å². The zero-order valence-corrected chi connectivity index (χ0v) is 26.3. The van der Waals surface area contributed by atoms with Crippen LogP contribution in [0, 0.1) is 0 Å². The second-order valence-corrected chi connectivity index (χ2v) is 13.8. The van der Waals surface area contributed by atoms with Crippen LogP contribution in [0.4, 0.5) is 0 Å². The van der Waals surface area contributed by atoms with Crippen molar-refractivity contribution >= 4 is 55.1 Å². The molecule has 2 heterocycles.